The van der Waals surface area contributed by atoms with Gasteiger partial charge in [0.1, 0.15) is 0 Å². The van der Waals surface area contributed by atoms with E-state index in [-0.39, 0.29) is 5.39 Å². The summed E-state index contributed by atoms with van der Waals surface area (Å²) in [7, 11) is -1.36. The van der Waals surface area contributed by atoms with E-state index in [4.69, 9.17) is 0 Å². The molecule has 7 aromatic rings. The first-order valence-corrected chi connectivity index (χ1v) is 17.5. The van der Waals surface area contributed by atoms with Gasteiger partial charge in [0, 0.05) is 17.1 Å². The van der Waals surface area contributed by atoms with E-state index >= 15 is 0 Å². The van der Waals surface area contributed by atoms with Crippen molar-refractivity contribution in [3.8, 4) is 22.4 Å². The van der Waals surface area contributed by atoms with Gasteiger partial charge in [0.2, 0.25) is 0 Å². The third-order valence-corrected chi connectivity index (χ3v) is 10.3. The van der Waals surface area contributed by atoms with Crippen molar-refractivity contribution >= 4 is 56.4 Å². The molecule has 42 heavy (non-hydrogen) atoms. The van der Waals surface area contributed by atoms with Gasteiger partial charge in [0.15, 0.2) is 0 Å². The number of hydrogen-bond acceptors (Lipinski definition) is 1. The second kappa shape index (κ2) is 9.53. The van der Waals surface area contributed by atoms with Crippen molar-refractivity contribution in [1.82, 2.24) is 4.98 Å². The Morgan fingerprint density at radius 2 is 1.12 bits per heavy atom. The van der Waals surface area contributed by atoms with Crippen LogP contribution in [0.15, 0.2) is 115 Å². The second-order valence-corrected chi connectivity index (χ2v) is 17.1. The van der Waals surface area contributed by atoms with E-state index in [1.54, 1.807) is 30.5 Å². The van der Waals surface area contributed by atoms with Gasteiger partial charge in [-0.25, -0.2) is 0 Å². The molecule has 0 N–H and O–H groups in total. The number of hydrogen-bond donors (Lipinski definition) is 0. The van der Waals surface area contributed by atoms with E-state index in [2.05, 4.69) is 85.3 Å². The molecule has 1 heterocycles. The van der Waals surface area contributed by atoms with Crippen molar-refractivity contribution < 1.29 is 13.2 Å². The van der Waals surface area contributed by atoms with Crippen molar-refractivity contribution in [2.24, 2.45) is 0 Å². The minimum Gasteiger partial charge on any atom is -0.256 e. The lowest BCUT2D eigenvalue weighted by Crippen LogP contribution is -2.37. The van der Waals surface area contributed by atoms with Crippen molar-refractivity contribution in [2.75, 3.05) is 0 Å². The van der Waals surface area contributed by atoms with Crippen LogP contribution in [0, 0.1) is 0 Å². The Hall–Kier alpha value is -4.48. The van der Waals surface area contributed by atoms with Crippen LogP contribution in [0.4, 0.5) is 13.2 Å². The maximum atomic E-state index is 14.1. The molecule has 0 bridgehead atoms. The molecular formula is C37H28F3NSi. The van der Waals surface area contributed by atoms with Crippen LogP contribution < -0.4 is 5.19 Å². The summed E-state index contributed by atoms with van der Waals surface area (Å²) >= 11 is 0. The van der Waals surface area contributed by atoms with Crippen molar-refractivity contribution in [3.63, 3.8) is 0 Å². The Labute approximate surface area is 243 Å². The summed E-state index contributed by atoms with van der Waals surface area (Å²) in [4.78, 5) is 4.58. The maximum Gasteiger partial charge on any atom is 0.417 e. The number of benzene rings is 6. The van der Waals surface area contributed by atoms with Crippen LogP contribution in [0.1, 0.15) is 5.56 Å². The molecule has 0 saturated heterocycles. The van der Waals surface area contributed by atoms with E-state index in [0.29, 0.717) is 16.6 Å². The fourth-order valence-corrected chi connectivity index (χ4v) is 7.23. The Morgan fingerprint density at radius 3 is 1.88 bits per heavy atom. The molecule has 0 fully saturated rings. The summed E-state index contributed by atoms with van der Waals surface area (Å²) in [5.74, 6) is 0. The van der Waals surface area contributed by atoms with Crippen LogP contribution >= 0.6 is 0 Å². The highest BCUT2D eigenvalue weighted by Crippen LogP contribution is 2.40. The van der Waals surface area contributed by atoms with Gasteiger partial charge in [-0.1, -0.05) is 110 Å². The van der Waals surface area contributed by atoms with Crippen molar-refractivity contribution in [2.45, 2.75) is 25.8 Å². The summed E-state index contributed by atoms with van der Waals surface area (Å²) < 4.78 is 42.2. The zero-order valence-electron chi connectivity index (χ0n) is 23.6. The Bertz CT molecular complexity index is 2160. The number of alkyl halides is 3. The molecule has 0 aliphatic heterocycles. The first-order valence-electron chi connectivity index (χ1n) is 14.0. The first kappa shape index (κ1) is 26.4. The van der Waals surface area contributed by atoms with Crippen LogP contribution in [-0.2, 0) is 6.18 Å². The summed E-state index contributed by atoms with van der Waals surface area (Å²) in [5.41, 5.74) is 2.72. The molecule has 206 valence electrons. The molecule has 1 nitrogen and oxygen atoms in total. The molecule has 0 atom stereocenters. The normalized spacial score (nSPS) is 12.5. The summed E-state index contributed by atoms with van der Waals surface area (Å²) in [5, 5.41) is 8.40. The van der Waals surface area contributed by atoms with E-state index < -0.39 is 19.8 Å². The molecule has 0 aliphatic rings. The molecule has 0 unspecified atom stereocenters. The van der Waals surface area contributed by atoms with Gasteiger partial charge in [0.25, 0.3) is 0 Å². The monoisotopic (exact) mass is 571 g/mol. The van der Waals surface area contributed by atoms with Gasteiger partial charge < -0.3 is 0 Å². The summed E-state index contributed by atoms with van der Waals surface area (Å²) in [6.45, 7) is 7.06. The molecule has 0 spiro atoms. The van der Waals surface area contributed by atoms with Crippen LogP contribution in [0.25, 0.3) is 65.5 Å². The molecule has 0 aliphatic carbocycles. The fraction of sp³-hybridized carbons (Fsp3) is 0.108. The third kappa shape index (κ3) is 4.45. The van der Waals surface area contributed by atoms with Gasteiger partial charge in [0.05, 0.1) is 19.3 Å². The number of nitrogens with zero attached hydrogens (tertiary/aromatic N) is 1. The first-order chi connectivity index (χ1) is 20.1. The fourth-order valence-electron chi connectivity index (χ4n) is 6.07. The Morgan fingerprint density at radius 1 is 0.524 bits per heavy atom. The lowest BCUT2D eigenvalue weighted by Gasteiger charge is -2.17. The SMILES string of the molecule is C[Si](C)(C)c1ccc(-c2ccc3c(ccc4c5ccnc(-c6cc(C(F)(F)F)c7ccccc7c6)c5ccc34)c2)cc1. The van der Waals surface area contributed by atoms with Crippen molar-refractivity contribution in [3.05, 3.63) is 121 Å². The highest BCUT2D eigenvalue weighted by Gasteiger charge is 2.33. The lowest BCUT2D eigenvalue weighted by atomic mass is 9.92. The topological polar surface area (TPSA) is 12.9 Å². The third-order valence-electron chi connectivity index (χ3n) is 8.28. The van der Waals surface area contributed by atoms with Gasteiger partial charge in [-0.15, -0.1) is 0 Å². The highest BCUT2D eigenvalue weighted by molar-refractivity contribution is 6.88. The Balaban J connectivity index is 1.37. The van der Waals surface area contributed by atoms with Crippen LogP contribution in [0.5, 0.6) is 0 Å². The number of fused-ring (bicyclic) bond motifs is 6. The molecule has 0 radical (unpaired) electrons. The van der Waals surface area contributed by atoms with E-state index in [0.717, 1.165) is 32.3 Å². The number of rotatable bonds is 3. The average molecular weight is 572 g/mol. The predicted octanol–water partition coefficient (Wildman–Crippen LogP) is 10.6. The van der Waals surface area contributed by atoms with Gasteiger partial charge in [-0.05, 0) is 73.1 Å². The number of halogens is 3. The molecule has 7 rings (SSSR count). The van der Waals surface area contributed by atoms with Crippen LogP contribution in [-0.4, -0.2) is 13.1 Å². The standard InChI is InChI=1S/C37H28F3NSi/c1-42(2,3)28-12-8-23(9-13-28)24-10-14-29-26(20-24)11-15-32-31(29)16-17-34-33(32)18-19-41-36(34)27-21-25-6-4-5-7-30(25)35(22-27)37(38,39)40/h4-22H,1-3H3. The van der Waals surface area contributed by atoms with Crippen LogP contribution in [0.3, 0.4) is 0 Å². The van der Waals surface area contributed by atoms with Gasteiger partial charge in [-0.2, -0.15) is 13.2 Å². The minimum absolute atomic E-state index is 0.192. The highest BCUT2D eigenvalue weighted by atomic mass is 28.3. The quantitative estimate of drug-likeness (QED) is 0.152. The average Bonchev–Trinajstić information content (AvgIpc) is 2.98. The summed E-state index contributed by atoms with van der Waals surface area (Å²) in [6.07, 6.45) is -2.78. The molecule has 0 saturated carbocycles. The smallest absolute Gasteiger partial charge is 0.256 e. The largest absolute Gasteiger partial charge is 0.417 e. The molecule has 5 heteroatoms. The molecule has 1 aromatic heterocycles. The second-order valence-electron chi connectivity index (χ2n) is 12.0. The maximum absolute atomic E-state index is 14.1. The zero-order valence-corrected chi connectivity index (χ0v) is 24.6. The number of aromatic nitrogens is 1. The van der Waals surface area contributed by atoms with Crippen molar-refractivity contribution in [1.29, 1.82) is 0 Å². The van der Waals surface area contributed by atoms with Crippen LogP contribution in [0.2, 0.25) is 19.6 Å². The lowest BCUT2D eigenvalue weighted by molar-refractivity contribution is -0.136. The number of pyridine rings is 1. The van der Waals surface area contributed by atoms with E-state index in [1.807, 2.05) is 12.1 Å². The van der Waals surface area contributed by atoms with E-state index in [1.165, 1.54) is 28.4 Å². The Kier molecular flexibility index (Phi) is 6.00. The minimum atomic E-state index is -4.47. The van der Waals surface area contributed by atoms with Gasteiger partial charge in [-0.3, -0.25) is 4.98 Å². The zero-order chi connectivity index (χ0) is 29.2. The molecular weight excluding hydrogens is 543 g/mol. The summed E-state index contributed by atoms with van der Waals surface area (Å²) in [6, 6.07) is 35.4. The van der Waals surface area contributed by atoms with Gasteiger partial charge >= 0.3 is 6.18 Å². The molecule has 0 amide bonds. The predicted molar refractivity (Wildman–Crippen MR) is 173 cm³/mol. The molecule has 6 aromatic carbocycles. The van der Waals surface area contributed by atoms with E-state index in [9.17, 15) is 13.2 Å².